The van der Waals surface area contributed by atoms with Crippen molar-refractivity contribution in [3.63, 3.8) is 0 Å². The normalized spacial score (nSPS) is 22.1. The number of hydrogen-bond donors (Lipinski definition) is 2. The SMILES string of the molecule is Cc1ccc(-n2cnnn2)cc1NC1CCCC1CN. The number of aryl methyl sites for hydroxylation is 1. The molecular formula is C14H20N6. The Bertz CT molecular complexity index is 565. The number of anilines is 1. The molecule has 1 aliphatic carbocycles. The molecule has 3 rings (SSSR count). The molecule has 6 heteroatoms. The van der Waals surface area contributed by atoms with Crippen LogP contribution in [0.3, 0.4) is 0 Å². The minimum Gasteiger partial charge on any atom is -0.382 e. The summed E-state index contributed by atoms with van der Waals surface area (Å²) in [6, 6.07) is 6.68. The summed E-state index contributed by atoms with van der Waals surface area (Å²) in [5.74, 6) is 0.575. The molecule has 2 aromatic rings. The molecule has 0 amide bonds. The van der Waals surface area contributed by atoms with Crippen molar-refractivity contribution in [3.05, 3.63) is 30.1 Å². The Morgan fingerprint density at radius 2 is 2.30 bits per heavy atom. The number of hydrogen-bond acceptors (Lipinski definition) is 5. The topological polar surface area (TPSA) is 81.7 Å². The summed E-state index contributed by atoms with van der Waals surface area (Å²) >= 11 is 0. The van der Waals surface area contributed by atoms with E-state index in [2.05, 4.69) is 39.9 Å². The van der Waals surface area contributed by atoms with Crippen LogP contribution in [0.1, 0.15) is 24.8 Å². The highest BCUT2D eigenvalue weighted by molar-refractivity contribution is 5.57. The van der Waals surface area contributed by atoms with Gasteiger partial charge in [-0.3, -0.25) is 0 Å². The largest absolute Gasteiger partial charge is 0.382 e. The Hall–Kier alpha value is -1.95. The van der Waals surface area contributed by atoms with Gasteiger partial charge in [0.1, 0.15) is 6.33 Å². The predicted octanol–water partition coefficient (Wildman–Crippen LogP) is 1.51. The lowest BCUT2D eigenvalue weighted by atomic mass is 10.0. The third-order valence-corrected chi connectivity index (χ3v) is 4.14. The monoisotopic (exact) mass is 272 g/mol. The smallest absolute Gasteiger partial charge is 0.143 e. The summed E-state index contributed by atoms with van der Waals surface area (Å²) in [5.41, 5.74) is 9.18. The fourth-order valence-corrected chi connectivity index (χ4v) is 2.90. The summed E-state index contributed by atoms with van der Waals surface area (Å²) in [6.45, 7) is 2.86. The average Bonchev–Trinajstić information content (AvgIpc) is 3.12. The van der Waals surface area contributed by atoms with Crippen LogP contribution in [0.2, 0.25) is 0 Å². The summed E-state index contributed by atoms with van der Waals surface area (Å²) in [6.07, 6.45) is 5.27. The van der Waals surface area contributed by atoms with Gasteiger partial charge in [-0.15, -0.1) is 5.10 Å². The molecule has 1 aromatic heterocycles. The van der Waals surface area contributed by atoms with Gasteiger partial charge in [-0.25, -0.2) is 4.68 Å². The predicted molar refractivity (Wildman–Crippen MR) is 77.7 cm³/mol. The summed E-state index contributed by atoms with van der Waals surface area (Å²) in [5, 5.41) is 14.9. The lowest BCUT2D eigenvalue weighted by Gasteiger charge is -2.22. The average molecular weight is 272 g/mol. The van der Waals surface area contributed by atoms with Crippen LogP contribution in [-0.4, -0.2) is 32.8 Å². The Balaban J connectivity index is 1.83. The van der Waals surface area contributed by atoms with E-state index in [-0.39, 0.29) is 0 Å². The van der Waals surface area contributed by atoms with E-state index < -0.39 is 0 Å². The van der Waals surface area contributed by atoms with E-state index in [1.165, 1.54) is 24.8 Å². The van der Waals surface area contributed by atoms with E-state index in [1.54, 1.807) is 11.0 Å². The third kappa shape index (κ3) is 2.51. The number of benzene rings is 1. The van der Waals surface area contributed by atoms with Crippen LogP contribution < -0.4 is 11.1 Å². The first-order valence-electron chi connectivity index (χ1n) is 7.08. The second-order valence-electron chi connectivity index (χ2n) is 5.43. The summed E-state index contributed by atoms with van der Waals surface area (Å²) in [7, 11) is 0. The first kappa shape index (κ1) is 13.1. The van der Waals surface area contributed by atoms with Crippen LogP contribution in [0.5, 0.6) is 0 Å². The van der Waals surface area contributed by atoms with E-state index in [9.17, 15) is 0 Å². The van der Waals surface area contributed by atoms with Crippen molar-refractivity contribution in [2.45, 2.75) is 32.2 Å². The number of rotatable bonds is 4. The standard InChI is InChI=1S/C14H20N6/c1-10-5-6-12(20-9-16-18-19-20)7-14(10)17-13-4-2-3-11(13)8-15/h5-7,9,11,13,17H,2-4,8,15H2,1H3. The molecule has 1 fully saturated rings. The second-order valence-corrected chi connectivity index (χ2v) is 5.43. The maximum atomic E-state index is 5.85. The Morgan fingerprint density at radius 3 is 3.05 bits per heavy atom. The third-order valence-electron chi connectivity index (χ3n) is 4.14. The minimum atomic E-state index is 0.475. The highest BCUT2D eigenvalue weighted by atomic mass is 15.5. The molecule has 0 radical (unpaired) electrons. The molecule has 3 N–H and O–H groups in total. The van der Waals surface area contributed by atoms with Gasteiger partial charge in [-0.1, -0.05) is 12.5 Å². The highest BCUT2D eigenvalue weighted by Crippen LogP contribution is 2.29. The van der Waals surface area contributed by atoms with Crippen LogP contribution >= 0.6 is 0 Å². The molecule has 1 aliphatic rings. The van der Waals surface area contributed by atoms with Crippen molar-refractivity contribution >= 4 is 5.69 Å². The first-order chi connectivity index (χ1) is 9.78. The van der Waals surface area contributed by atoms with Gasteiger partial charge in [-0.2, -0.15) is 0 Å². The van der Waals surface area contributed by atoms with E-state index in [0.29, 0.717) is 12.0 Å². The van der Waals surface area contributed by atoms with E-state index >= 15 is 0 Å². The second kappa shape index (κ2) is 5.58. The van der Waals surface area contributed by atoms with Crippen molar-refractivity contribution in [2.24, 2.45) is 11.7 Å². The van der Waals surface area contributed by atoms with Crippen molar-refractivity contribution in [2.75, 3.05) is 11.9 Å². The van der Waals surface area contributed by atoms with Gasteiger partial charge >= 0.3 is 0 Å². The van der Waals surface area contributed by atoms with Crippen LogP contribution in [0.4, 0.5) is 5.69 Å². The number of aromatic nitrogens is 4. The molecule has 1 saturated carbocycles. The van der Waals surface area contributed by atoms with Gasteiger partial charge in [0, 0.05) is 11.7 Å². The van der Waals surface area contributed by atoms with Crippen LogP contribution in [0, 0.1) is 12.8 Å². The first-order valence-corrected chi connectivity index (χ1v) is 7.08. The van der Waals surface area contributed by atoms with Gasteiger partial charge in [0.15, 0.2) is 0 Å². The molecular weight excluding hydrogens is 252 g/mol. The van der Waals surface area contributed by atoms with Gasteiger partial charge in [0.25, 0.3) is 0 Å². The molecule has 0 bridgehead atoms. The number of nitrogens with two attached hydrogens (primary N) is 1. The Labute approximate surface area is 118 Å². The van der Waals surface area contributed by atoms with Crippen molar-refractivity contribution in [1.82, 2.24) is 20.2 Å². The van der Waals surface area contributed by atoms with Gasteiger partial charge in [0.05, 0.1) is 5.69 Å². The van der Waals surface area contributed by atoms with Gasteiger partial charge < -0.3 is 11.1 Å². The van der Waals surface area contributed by atoms with Crippen LogP contribution in [-0.2, 0) is 0 Å². The van der Waals surface area contributed by atoms with E-state index in [1.807, 2.05) is 6.07 Å². The molecule has 106 valence electrons. The van der Waals surface area contributed by atoms with Crippen LogP contribution in [0.15, 0.2) is 24.5 Å². The number of tetrazole rings is 1. The molecule has 0 aliphatic heterocycles. The fourth-order valence-electron chi connectivity index (χ4n) is 2.90. The quantitative estimate of drug-likeness (QED) is 0.881. The van der Waals surface area contributed by atoms with Crippen molar-refractivity contribution < 1.29 is 0 Å². The van der Waals surface area contributed by atoms with Crippen molar-refractivity contribution in [1.29, 1.82) is 0 Å². The zero-order chi connectivity index (χ0) is 13.9. The number of nitrogens with zero attached hydrogens (tertiary/aromatic N) is 4. The van der Waals surface area contributed by atoms with Crippen LogP contribution in [0.25, 0.3) is 5.69 Å². The van der Waals surface area contributed by atoms with E-state index in [4.69, 9.17) is 5.73 Å². The summed E-state index contributed by atoms with van der Waals surface area (Å²) < 4.78 is 1.67. The molecule has 2 atom stereocenters. The molecule has 2 unspecified atom stereocenters. The molecule has 20 heavy (non-hydrogen) atoms. The minimum absolute atomic E-state index is 0.475. The van der Waals surface area contributed by atoms with Gasteiger partial charge in [0.2, 0.25) is 0 Å². The van der Waals surface area contributed by atoms with E-state index in [0.717, 1.165) is 17.9 Å². The zero-order valence-corrected chi connectivity index (χ0v) is 11.7. The molecule has 0 spiro atoms. The lowest BCUT2D eigenvalue weighted by molar-refractivity contribution is 0.516. The Kier molecular flexibility index (Phi) is 3.64. The fraction of sp³-hybridized carbons (Fsp3) is 0.500. The molecule has 6 nitrogen and oxygen atoms in total. The highest BCUT2D eigenvalue weighted by Gasteiger charge is 2.26. The maximum Gasteiger partial charge on any atom is 0.143 e. The number of nitrogens with one attached hydrogen (secondary N) is 1. The zero-order valence-electron chi connectivity index (χ0n) is 11.7. The summed E-state index contributed by atoms with van der Waals surface area (Å²) in [4.78, 5) is 0. The maximum absolute atomic E-state index is 5.85. The Morgan fingerprint density at radius 1 is 1.40 bits per heavy atom. The van der Waals surface area contributed by atoms with Gasteiger partial charge in [-0.05, 0) is 60.4 Å². The lowest BCUT2D eigenvalue weighted by Crippen LogP contribution is -2.29. The molecule has 1 aromatic carbocycles. The molecule has 0 saturated heterocycles. The molecule has 1 heterocycles. The van der Waals surface area contributed by atoms with Crippen molar-refractivity contribution in [3.8, 4) is 5.69 Å².